The Morgan fingerprint density at radius 1 is 0.816 bits per heavy atom. The standard InChI is InChI=1S/C20H53O6P23/c1-9-12(25-41(47(38)43(30)31)49(45(34)35)46(36)37)8-18(6)15(21)20(23)16(22)24-11(3)19(20,7)10(2)14(13(9)17(18,4)5)26-40(42(28)29)48(39-27)44(32)33/h10-12,14,23,39H,8,27-38H2,1-7H3/t10?,11?,12?,14?,18?,19-,20?,40?,41?,47?,48?/m1/s1. The summed E-state index contributed by atoms with van der Waals surface area (Å²) in [4.78, 5) is 29.2. The maximum atomic E-state index is 15.3. The van der Waals surface area contributed by atoms with E-state index >= 15 is 4.79 Å². The van der Waals surface area contributed by atoms with Crippen LogP contribution in [0, 0.1) is 22.2 Å². The summed E-state index contributed by atoms with van der Waals surface area (Å²) in [6.45, 7) is 10.5. The molecule has 6 nitrogen and oxygen atoms in total. The molecule has 0 aromatic heterocycles. The third kappa shape index (κ3) is 10.1. The van der Waals surface area contributed by atoms with Gasteiger partial charge in [-0.05, 0) is 72.3 Å². The molecule has 2 fully saturated rings. The normalized spacial score (nSPS) is 36.3. The summed E-state index contributed by atoms with van der Waals surface area (Å²) in [7, 11) is 35.7. The molecule has 3 aliphatic rings. The lowest BCUT2D eigenvalue weighted by Crippen LogP contribution is -2.69. The molecule has 49 heavy (non-hydrogen) atoms. The van der Waals surface area contributed by atoms with Crippen LogP contribution < -0.4 is 0 Å². The number of aliphatic hydroxyl groups is 1. The quantitative estimate of drug-likeness (QED) is 0.0856. The number of ether oxygens (including phenoxy) is 1. The van der Waals surface area contributed by atoms with Crippen molar-refractivity contribution >= 4 is 198 Å². The van der Waals surface area contributed by atoms with Crippen LogP contribution in [0.3, 0.4) is 0 Å². The van der Waals surface area contributed by atoms with Crippen molar-refractivity contribution in [2.45, 2.75) is 78.8 Å². The van der Waals surface area contributed by atoms with Crippen LogP contribution >= 0.6 is 186 Å². The second kappa shape index (κ2) is 20.9. The molecule has 0 aromatic rings. The number of fused-ring (bicyclic) bond motifs is 3. The van der Waals surface area contributed by atoms with Gasteiger partial charge in [0.1, 0.15) is 6.10 Å². The molecule has 29 heteroatoms. The Labute approximate surface area is 335 Å². The van der Waals surface area contributed by atoms with Crippen molar-refractivity contribution in [2.75, 3.05) is 0 Å². The highest BCUT2D eigenvalue weighted by atomic mass is 33.2. The lowest BCUT2D eigenvalue weighted by Gasteiger charge is -2.60. The third-order valence-electron chi connectivity index (χ3n) is 10.4. The Morgan fingerprint density at radius 2 is 1.35 bits per heavy atom. The van der Waals surface area contributed by atoms with E-state index in [9.17, 15) is 9.90 Å². The third-order valence-corrected chi connectivity index (χ3v) is 128. The second-order valence-electron chi connectivity index (χ2n) is 12.9. The first-order valence-electron chi connectivity index (χ1n) is 14.5. The van der Waals surface area contributed by atoms with Gasteiger partial charge in [-0.2, -0.15) is 0 Å². The summed E-state index contributed by atoms with van der Waals surface area (Å²) in [5.74, 6) is -1.70. The van der Waals surface area contributed by atoms with Crippen molar-refractivity contribution in [3.8, 4) is 0 Å². The molecular weight excluding hydrogens is 1050 g/mol. The molecule has 0 radical (unpaired) electrons. The summed E-state index contributed by atoms with van der Waals surface area (Å²) in [5.41, 5.74) is -3.16. The monoisotopic (exact) mass is 1100 g/mol. The molecule has 1 heterocycles. The number of hydrogen-bond donors (Lipinski definition) is 1. The summed E-state index contributed by atoms with van der Waals surface area (Å²) in [6, 6.07) is 0. The van der Waals surface area contributed by atoms with Gasteiger partial charge in [-0.15, -0.1) is 98.2 Å². The van der Waals surface area contributed by atoms with Crippen LogP contribution in [0.1, 0.15) is 54.9 Å². The molecule has 1 N–H and O–H groups in total. The van der Waals surface area contributed by atoms with Crippen molar-refractivity contribution in [3.05, 3.63) is 11.1 Å². The van der Waals surface area contributed by atoms with E-state index in [-0.39, 0.29) is 6.10 Å². The van der Waals surface area contributed by atoms with E-state index in [1.165, 1.54) is 0 Å². The fraction of sp³-hybridized carbons (Fsp3) is 0.800. The minimum atomic E-state index is -2.32. The van der Waals surface area contributed by atoms with Crippen LogP contribution in [-0.2, 0) is 23.4 Å². The van der Waals surface area contributed by atoms with E-state index in [1.54, 1.807) is 0 Å². The topological polar surface area (TPSA) is 82.1 Å². The zero-order valence-electron chi connectivity index (χ0n) is 28.4. The van der Waals surface area contributed by atoms with Crippen LogP contribution in [0.4, 0.5) is 0 Å². The highest BCUT2D eigenvalue weighted by Gasteiger charge is 2.76. The summed E-state index contributed by atoms with van der Waals surface area (Å²) in [6.07, 6.45) is -1.11. The van der Waals surface area contributed by atoms with Gasteiger partial charge >= 0.3 is 5.97 Å². The van der Waals surface area contributed by atoms with E-state index in [0.717, 1.165) is 11.1 Å². The molecule has 1 aliphatic heterocycles. The number of carbonyl (C=O) groups is 2. The van der Waals surface area contributed by atoms with Gasteiger partial charge in [-0.1, -0.05) is 51.5 Å². The predicted molar refractivity (Wildman–Crippen MR) is 286 cm³/mol. The molecule has 3 rings (SSSR count). The van der Waals surface area contributed by atoms with Crippen LogP contribution in [0.15, 0.2) is 11.1 Å². The average Bonchev–Trinajstić information content (AvgIpc) is 3.16. The summed E-state index contributed by atoms with van der Waals surface area (Å²) < 4.78 is 21.0. The molecule has 24 atom stereocenters. The van der Waals surface area contributed by atoms with E-state index in [4.69, 9.17) is 13.8 Å². The van der Waals surface area contributed by atoms with E-state index in [1.807, 2.05) is 20.8 Å². The number of Topliss-reactive ketones (excluding diaryl/α,β-unsaturated/α-hetero) is 1. The fourth-order valence-corrected chi connectivity index (χ4v) is 169. The SMILES string of the molecule is CC1=C2C(OP(P(P)P)P(PP)P(P)P)C(C)[C@]3(C)C(C)OC(=O)C3(O)C(=O)C(C)(CC1OP(P(P)P(P)P)P(P(P)P)P(P)P)C2(C)C. The van der Waals surface area contributed by atoms with Crippen LogP contribution in [-0.4, -0.2) is 40.8 Å². The van der Waals surface area contributed by atoms with Gasteiger partial charge in [0, 0.05) is 31.8 Å². The Kier molecular flexibility index (Phi) is 22.2. The maximum absolute atomic E-state index is 15.3. The Balaban J connectivity index is 2.44. The molecule has 23 unspecified atom stereocenters. The van der Waals surface area contributed by atoms with Crippen molar-refractivity contribution < 1.29 is 28.5 Å². The molecular formula is C20H53O6P23. The number of cyclic esters (lactones) is 1. The number of esters is 1. The van der Waals surface area contributed by atoms with Gasteiger partial charge in [-0.3, -0.25) is 4.79 Å². The van der Waals surface area contributed by atoms with E-state index in [0.29, 0.717) is 14.4 Å². The lowest BCUT2D eigenvalue weighted by molar-refractivity contribution is -0.184. The van der Waals surface area contributed by atoms with Gasteiger partial charge in [0.15, 0.2) is 5.78 Å². The van der Waals surface area contributed by atoms with E-state index < -0.39 is 123 Å². The average molecular weight is 1100 g/mol. The van der Waals surface area contributed by atoms with Gasteiger partial charge in [-0.25, -0.2) is 4.79 Å². The number of carbonyl (C=O) groups excluding carboxylic acids is 2. The maximum Gasteiger partial charge on any atom is 0.347 e. The Hall–Kier alpha value is 8.65. The fourth-order valence-electron chi connectivity index (χ4n) is 7.02. The molecule has 0 spiro atoms. The van der Waals surface area contributed by atoms with Gasteiger partial charge in [0.05, 0.1) is 32.7 Å². The van der Waals surface area contributed by atoms with Gasteiger partial charge in [0.25, 0.3) is 0 Å². The van der Waals surface area contributed by atoms with Crippen LogP contribution in [0.25, 0.3) is 0 Å². The van der Waals surface area contributed by atoms with Crippen molar-refractivity contribution in [2.24, 2.45) is 22.2 Å². The first-order chi connectivity index (χ1) is 22.3. The van der Waals surface area contributed by atoms with E-state index in [2.05, 4.69) is 135 Å². The van der Waals surface area contributed by atoms with Gasteiger partial charge in [0.2, 0.25) is 5.60 Å². The number of rotatable bonds is 13. The van der Waals surface area contributed by atoms with Crippen LogP contribution in [0.5, 0.6) is 0 Å². The summed E-state index contributed by atoms with van der Waals surface area (Å²) in [5, 5.41) is 12.8. The van der Waals surface area contributed by atoms with Crippen molar-refractivity contribution in [1.82, 2.24) is 0 Å². The highest BCUT2D eigenvalue weighted by molar-refractivity contribution is 9.19. The minimum absolute atomic E-state index is 0.356. The predicted octanol–water partition coefficient (Wildman–Crippen LogP) is 15.5. The second-order valence-corrected chi connectivity index (χ2v) is 96.2. The molecule has 0 aromatic carbocycles. The molecule has 284 valence electrons. The number of hydrogen-bond acceptors (Lipinski definition) is 6. The molecule has 1 saturated carbocycles. The van der Waals surface area contributed by atoms with Crippen LogP contribution in [0.2, 0.25) is 0 Å². The minimum Gasteiger partial charge on any atom is -0.459 e. The summed E-state index contributed by atoms with van der Waals surface area (Å²) >= 11 is 0. The number of ketones is 1. The molecule has 2 bridgehead atoms. The highest BCUT2D eigenvalue weighted by Crippen LogP contribution is 3.18. The Bertz CT molecular complexity index is 1260. The zero-order valence-corrected chi connectivity index (χ0v) is 52.2. The first-order valence-corrected chi connectivity index (χ1v) is 54.9. The smallest absolute Gasteiger partial charge is 0.347 e. The lowest BCUT2D eigenvalue weighted by atomic mass is 9.45. The first kappa shape index (κ1) is 52.0. The van der Waals surface area contributed by atoms with Gasteiger partial charge < -0.3 is 18.9 Å². The van der Waals surface area contributed by atoms with Crippen molar-refractivity contribution in [3.63, 3.8) is 0 Å². The zero-order chi connectivity index (χ0) is 37.9. The molecule has 0 amide bonds. The molecule has 1 saturated heterocycles. The molecule has 2 aliphatic carbocycles. The Morgan fingerprint density at radius 3 is 1.78 bits per heavy atom. The largest absolute Gasteiger partial charge is 0.459 e. The van der Waals surface area contributed by atoms with Crippen molar-refractivity contribution in [1.29, 1.82) is 0 Å².